The van der Waals surface area contributed by atoms with Crippen molar-refractivity contribution in [3.8, 4) is 0 Å². The molecule has 0 aromatic heterocycles. The van der Waals surface area contributed by atoms with Crippen molar-refractivity contribution in [2.45, 2.75) is 13.0 Å². The van der Waals surface area contributed by atoms with E-state index in [0.717, 1.165) is 5.56 Å². The number of carbonyl (C=O) groups is 1. The summed E-state index contributed by atoms with van der Waals surface area (Å²) in [6.07, 6.45) is 0. The minimum absolute atomic E-state index is 0.175. The van der Waals surface area contributed by atoms with Gasteiger partial charge in [-0.25, -0.2) is 4.79 Å². The third kappa shape index (κ3) is 2.20. The van der Waals surface area contributed by atoms with Crippen LogP contribution in [0, 0.1) is 0 Å². The predicted molar refractivity (Wildman–Crippen MR) is 51.0 cm³/mol. The van der Waals surface area contributed by atoms with E-state index >= 15 is 0 Å². The predicted octanol–water partition coefficient (Wildman–Crippen LogP) is 2.06. The van der Waals surface area contributed by atoms with Gasteiger partial charge in [-0.1, -0.05) is 17.7 Å². The van der Waals surface area contributed by atoms with Crippen LogP contribution in [0.1, 0.15) is 28.9 Å². The molecule has 70 valence electrons. The lowest BCUT2D eigenvalue weighted by Crippen LogP contribution is -2.06. The number of hydrogen-bond acceptors (Lipinski definition) is 2. The first-order valence-electron chi connectivity index (χ1n) is 3.80. The van der Waals surface area contributed by atoms with Crippen molar-refractivity contribution in [3.63, 3.8) is 0 Å². The topological polar surface area (TPSA) is 63.3 Å². The van der Waals surface area contributed by atoms with E-state index in [-0.39, 0.29) is 11.6 Å². The maximum absolute atomic E-state index is 10.5. The van der Waals surface area contributed by atoms with Gasteiger partial charge in [-0.3, -0.25) is 0 Å². The third-order valence-electron chi connectivity index (χ3n) is 1.74. The largest absolute Gasteiger partial charge is 0.478 e. The number of aromatic carboxylic acids is 1. The van der Waals surface area contributed by atoms with Crippen LogP contribution in [0.25, 0.3) is 0 Å². The van der Waals surface area contributed by atoms with Crippen LogP contribution in [0.15, 0.2) is 18.2 Å². The molecule has 0 amide bonds. The Hall–Kier alpha value is -1.06. The molecule has 0 fully saturated rings. The van der Waals surface area contributed by atoms with Crippen molar-refractivity contribution in [2.75, 3.05) is 0 Å². The van der Waals surface area contributed by atoms with Crippen LogP contribution in [0.3, 0.4) is 0 Å². The van der Waals surface area contributed by atoms with Gasteiger partial charge in [0.1, 0.15) is 0 Å². The summed E-state index contributed by atoms with van der Waals surface area (Å²) in [6, 6.07) is 4.35. The molecule has 0 heterocycles. The van der Waals surface area contributed by atoms with E-state index in [9.17, 15) is 4.79 Å². The summed E-state index contributed by atoms with van der Waals surface area (Å²) < 4.78 is 0. The van der Waals surface area contributed by atoms with Crippen LogP contribution in [-0.2, 0) is 0 Å². The first-order chi connectivity index (χ1) is 6.02. The first-order valence-corrected chi connectivity index (χ1v) is 4.18. The Labute approximate surface area is 81.1 Å². The number of carboxylic acid groups (broad SMARTS) is 1. The van der Waals surface area contributed by atoms with Crippen molar-refractivity contribution >= 4 is 17.6 Å². The van der Waals surface area contributed by atoms with Crippen LogP contribution < -0.4 is 5.73 Å². The molecule has 13 heavy (non-hydrogen) atoms. The Morgan fingerprint density at radius 2 is 2.23 bits per heavy atom. The van der Waals surface area contributed by atoms with Gasteiger partial charge in [-0.05, 0) is 24.6 Å². The highest BCUT2D eigenvalue weighted by molar-refractivity contribution is 6.31. The van der Waals surface area contributed by atoms with Gasteiger partial charge in [-0.15, -0.1) is 0 Å². The van der Waals surface area contributed by atoms with Gasteiger partial charge in [0.05, 0.1) is 5.56 Å². The summed E-state index contributed by atoms with van der Waals surface area (Å²) in [5, 5.41) is 9.05. The average Bonchev–Trinajstić information content (AvgIpc) is 2.03. The molecule has 0 saturated heterocycles. The average molecular weight is 200 g/mol. The third-order valence-corrected chi connectivity index (χ3v) is 2.07. The molecule has 0 saturated carbocycles. The molecule has 0 aliphatic rings. The van der Waals surface area contributed by atoms with E-state index in [1.807, 2.05) is 0 Å². The van der Waals surface area contributed by atoms with Gasteiger partial charge in [0.15, 0.2) is 0 Å². The number of halogens is 1. The highest BCUT2D eigenvalue weighted by atomic mass is 35.5. The van der Waals surface area contributed by atoms with E-state index in [0.29, 0.717) is 5.02 Å². The summed E-state index contributed by atoms with van der Waals surface area (Å²) in [7, 11) is 0. The molecule has 0 radical (unpaired) electrons. The van der Waals surface area contributed by atoms with Crippen molar-refractivity contribution in [2.24, 2.45) is 5.73 Å². The lowest BCUT2D eigenvalue weighted by atomic mass is 10.1. The number of hydrogen-bond donors (Lipinski definition) is 2. The first kappa shape index (κ1) is 10.0. The fourth-order valence-corrected chi connectivity index (χ4v) is 1.38. The van der Waals surface area contributed by atoms with Crippen molar-refractivity contribution < 1.29 is 9.90 Å². The van der Waals surface area contributed by atoms with E-state index in [2.05, 4.69) is 0 Å². The Bertz CT molecular complexity index is 336. The molecule has 1 rings (SSSR count). The molecule has 0 aliphatic heterocycles. The Kier molecular flexibility index (Phi) is 2.90. The molecule has 1 unspecified atom stereocenters. The van der Waals surface area contributed by atoms with Crippen LogP contribution in [0.2, 0.25) is 5.02 Å². The standard InChI is InChI=1S/C9H10ClNO2/c1-5(11)7-3-2-6(9(12)13)4-8(7)10/h2-5H,11H2,1H3,(H,12,13). The molecular weight excluding hydrogens is 190 g/mol. The smallest absolute Gasteiger partial charge is 0.335 e. The summed E-state index contributed by atoms with van der Waals surface area (Å²) in [4.78, 5) is 10.5. The molecule has 3 nitrogen and oxygen atoms in total. The van der Waals surface area contributed by atoms with Crippen LogP contribution >= 0.6 is 11.6 Å². The minimum Gasteiger partial charge on any atom is -0.478 e. The molecule has 3 N–H and O–H groups in total. The Balaban J connectivity index is 3.13. The SMILES string of the molecule is CC(N)c1ccc(C(=O)O)cc1Cl. The second kappa shape index (κ2) is 3.77. The fraction of sp³-hybridized carbons (Fsp3) is 0.222. The van der Waals surface area contributed by atoms with Gasteiger partial charge in [0.25, 0.3) is 0 Å². The van der Waals surface area contributed by atoms with E-state index in [1.54, 1.807) is 13.0 Å². The summed E-state index contributed by atoms with van der Waals surface area (Å²) in [5.74, 6) is -0.988. The Morgan fingerprint density at radius 1 is 1.62 bits per heavy atom. The molecule has 4 heteroatoms. The van der Waals surface area contributed by atoms with Crippen molar-refractivity contribution in [1.82, 2.24) is 0 Å². The highest BCUT2D eigenvalue weighted by Crippen LogP contribution is 2.22. The van der Waals surface area contributed by atoms with E-state index in [1.165, 1.54) is 12.1 Å². The zero-order valence-electron chi connectivity index (χ0n) is 7.12. The highest BCUT2D eigenvalue weighted by Gasteiger charge is 2.08. The van der Waals surface area contributed by atoms with Gasteiger partial charge in [-0.2, -0.15) is 0 Å². The summed E-state index contributed by atoms with van der Waals surface area (Å²) >= 11 is 5.83. The van der Waals surface area contributed by atoms with Gasteiger partial charge in [0.2, 0.25) is 0 Å². The van der Waals surface area contributed by atoms with Crippen LogP contribution in [-0.4, -0.2) is 11.1 Å². The second-order valence-corrected chi connectivity index (χ2v) is 3.24. The number of rotatable bonds is 2. The molecular formula is C9H10ClNO2. The molecule has 1 aromatic rings. The quantitative estimate of drug-likeness (QED) is 0.767. The number of benzene rings is 1. The van der Waals surface area contributed by atoms with Gasteiger partial charge >= 0.3 is 5.97 Å². The lowest BCUT2D eigenvalue weighted by molar-refractivity contribution is 0.0697. The maximum Gasteiger partial charge on any atom is 0.335 e. The zero-order valence-corrected chi connectivity index (χ0v) is 7.88. The maximum atomic E-state index is 10.5. The number of carboxylic acids is 1. The summed E-state index contributed by atoms with van der Waals surface area (Å²) in [5.41, 5.74) is 6.54. The van der Waals surface area contributed by atoms with Crippen molar-refractivity contribution in [1.29, 1.82) is 0 Å². The zero-order chi connectivity index (χ0) is 10.0. The second-order valence-electron chi connectivity index (χ2n) is 2.83. The van der Waals surface area contributed by atoms with Gasteiger partial charge in [0, 0.05) is 11.1 Å². The van der Waals surface area contributed by atoms with Crippen LogP contribution in [0.5, 0.6) is 0 Å². The molecule has 1 aromatic carbocycles. The van der Waals surface area contributed by atoms with E-state index in [4.69, 9.17) is 22.4 Å². The summed E-state index contributed by atoms with van der Waals surface area (Å²) in [6.45, 7) is 1.79. The number of nitrogens with two attached hydrogens (primary N) is 1. The fourth-order valence-electron chi connectivity index (χ4n) is 1.03. The molecule has 1 atom stereocenters. The molecule has 0 bridgehead atoms. The monoisotopic (exact) mass is 199 g/mol. The van der Waals surface area contributed by atoms with Crippen LogP contribution in [0.4, 0.5) is 0 Å². The van der Waals surface area contributed by atoms with E-state index < -0.39 is 5.97 Å². The van der Waals surface area contributed by atoms with Crippen molar-refractivity contribution in [3.05, 3.63) is 34.3 Å². The molecule has 0 aliphatic carbocycles. The van der Waals surface area contributed by atoms with Gasteiger partial charge < -0.3 is 10.8 Å². The Morgan fingerprint density at radius 3 is 2.62 bits per heavy atom. The normalized spacial score (nSPS) is 12.5. The molecule has 0 spiro atoms. The minimum atomic E-state index is -0.988. The lowest BCUT2D eigenvalue weighted by Gasteiger charge is -2.08.